The molecule has 0 bridgehead atoms. The molecular weight excluding hydrogens is 202 g/mol. The highest BCUT2D eigenvalue weighted by Crippen LogP contribution is 2.41. The molecule has 1 aliphatic rings. The summed E-state index contributed by atoms with van der Waals surface area (Å²) >= 11 is 0. The van der Waals surface area contributed by atoms with Gasteiger partial charge in [-0.3, -0.25) is 0 Å². The summed E-state index contributed by atoms with van der Waals surface area (Å²) in [5.41, 5.74) is 7.30. The van der Waals surface area contributed by atoms with Crippen LogP contribution < -0.4 is 15.2 Å². The summed E-state index contributed by atoms with van der Waals surface area (Å²) in [7, 11) is 0. The van der Waals surface area contributed by atoms with Crippen LogP contribution in [0.25, 0.3) is 0 Å². The maximum absolute atomic E-state index is 6.26. The first kappa shape index (κ1) is 11.3. The summed E-state index contributed by atoms with van der Waals surface area (Å²) in [5.74, 6) is 1.62. The van der Waals surface area contributed by atoms with Crippen LogP contribution in [-0.2, 0) is 0 Å². The second-order valence-corrected chi connectivity index (χ2v) is 5.22. The van der Waals surface area contributed by atoms with Gasteiger partial charge in [0.15, 0.2) is 11.5 Å². The van der Waals surface area contributed by atoms with E-state index in [1.807, 2.05) is 18.2 Å². The highest BCUT2D eigenvalue weighted by molar-refractivity contribution is 5.49. The van der Waals surface area contributed by atoms with Gasteiger partial charge in [-0.05, 0) is 11.5 Å². The molecule has 2 N–H and O–H groups in total. The molecule has 88 valence electrons. The molecule has 16 heavy (non-hydrogen) atoms. The van der Waals surface area contributed by atoms with Crippen LogP contribution in [0.1, 0.15) is 32.4 Å². The first-order valence-electron chi connectivity index (χ1n) is 5.64. The summed E-state index contributed by atoms with van der Waals surface area (Å²) in [6.07, 6.45) is 0. The van der Waals surface area contributed by atoms with Crippen LogP contribution in [0.5, 0.6) is 11.5 Å². The van der Waals surface area contributed by atoms with Gasteiger partial charge in [0, 0.05) is 11.6 Å². The Morgan fingerprint density at radius 2 is 1.88 bits per heavy atom. The van der Waals surface area contributed by atoms with E-state index >= 15 is 0 Å². The summed E-state index contributed by atoms with van der Waals surface area (Å²) in [5, 5.41) is 0. The molecule has 1 unspecified atom stereocenters. The Balaban J connectivity index is 2.41. The average molecular weight is 221 g/mol. The molecule has 0 fully saturated rings. The van der Waals surface area contributed by atoms with Crippen molar-refractivity contribution in [2.75, 3.05) is 13.2 Å². The van der Waals surface area contributed by atoms with Gasteiger partial charge < -0.3 is 15.2 Å². The molecule has 0 aliphatic carbocycles. The first-order chi connectivity index (χ1) is 7.50. The van der Waals surface area contributed by atoms with E-state index in [-0.39, 0.29) is 11.5 Å². The Kier molecular flexibility index (Phi) is 2.80. The molecule has 0 aromatic heterocycles. The van der Waals surface area contributed by atoms with Crippen LogP contribution in [0.15, 0.2) is 18.2 Å². The second kappa shape index (κ2) is 3.98. The van der Waals surface area contributed by atoms with E-state index in [9.17, 15) is 0 Å². The van der Waals surface area contributed by atoms with Crippen molar-refractivity contribution in [3.05, 3.63) is 23.8 Å². The molecule has 3 nitrogen and oxygen atoms in total. The zero-order chi connectivity index (χ0) is 11.8. The van der Waals surface area contributed by atoms with E-state index in [0.717, 1.165) is 17.1 Å². The van der Waals surface area contributed by atoms with Crippen molar-refractivity contribution in [2.24, 2.45) is 11.1 Å². The molecule has 1 aliphatic heterocycles. The molecule has 0 saturated heterocycles. The van der Waals surface area contributed by atoms with Crippen molar-refractivity contribution in [1.82, 2.24) is 0 Å². The minimum Gasteiger partial charge on any atom is -0.486 e. The average Bonchev–Trinajstić information content (AvgIpc) is 2.26. The van der Waals surface area contributed by atoms with Crippen molar-refractivity contribution in [3.8, 4) is 11.5 Å². The lowest BCUT2D eigenvalue weighted by Crippen LogP contribution is -2.28. The smallest absolute Gasteiger partial charge is 0.166 e. The molecule has 0 amide bonds. The number of para-hydroxylation sites is 1. The Morgan fingerprint density at radius 3 is 2.56 bits per heavy atom. The van der Waals surface area contributed by atoms with Gasteiger partial charge in [0.05, 0.1) is 0 Å². The lowest BCUT2D eigenvalue weighted by atomic mass is 9.82. The van der Waals surface area contributed by atoms with Gasteiger partial charge in [-0.25, -0.2) is 0 Å². The van der Waals surface area contributed by atoms with Crippen LogP contribution >= 0.6 is 0 Å². The fourth-order valence-corrected chi connectivity index (χ4v) is 1.81. The molecule has 1 aromatic carbocycles. The standard InChI is InChI=1S/C13H19NO2/c1-13(2,3)12(14)9-5-4-6-10-11(9)16-8-7-15-10/h4-6,12H,7-8,14H2,1-3H3. The zero-order valence-corrected chi connectivity index (χ0v) is 10.1. The number of hydrogen-bond acceptors (Lipinski definition) is 3. The highest BCUT2D eigenvalue weighted by atomic mass is 16.6. The van der Waals surface area contributed by atoms with E-state index in [1.54, 1.807) is 0 Å². The largest absolute Gasteiger partial charge is 0.486 e. The van der Waals surface area contributed by atoms with Crippen molar-refractivity contribution in [3.63, 3.8) is 0 Å². The van der Waals surface area contributed by atoms with E-state index in [4.69, 9.17) is 15.2 Å². The number of nitrogens with two attached hydrogens (primary N) is 1. The summed E-state index contributed by atoms with van der Waals surface area (Å²) in [6, 6.07) is 5.86. The van der Waals surface area contributed by atoms with Crippen molar-refractivity contribution >= 4 is 0 Å². The van der Waals surface area contributed by atoms with Gasteiger partial charge in [0.25, 0.3) is 0 Å². The second-order valence-electron chi connectivity index (χ2n) is 5.22. The fraction of sp³-hybridized carbons (Fsp3) is 0.538. The molecule has 0 spiro atoms. The Bertz CT molecular complexity index is 382. The molecule has 0 radical (unpaired) electrons. The highest BCUT2D eigenvalue weighted by Gasteiger charge is 2.27. The van der Waals surface area contributed by atoms with Gasteiger partial charge in [0.2, 0.25) is 0 Å². The lowest BCUT2D eigenvalue weighted by molar-refractivity contribution is 0.166. The predicted molar refractivity (Wildman–Crippen MR) is 63.8 cm³/mol. The Morgan fingerprint density at radius 1 is 1.19 bits per heavy atom. The van der Waals surface area contributed by atoms with Crippen LogP contribution in [0.3, 0.4) is 0 Å². The minimum absolute atomic E-state index is 0.00985. The third-order valence-electron chi connectivity index (χ3n) is 2.86. The summed E-state index contributed by atoms with van der Waals surface area (Å²) in [4.78, 5) is 0. The maximum atomic E-state index is 6.26. The SMILES string of the molecule is CC(C)(C)C(N)c1cccc2c1OCCO2. The fourth-order valence-electron chi connectivity index (χ4n) is 1.81. The van der Waals surface area contributed by atoms with Gasteiger partial charge in [0.1, 0.15) is 13.2 Å². The number of fused-ring (bicyclic) bond motifs is 1. The first-order valence-corrected chi connectivity index (χ1v) is 5.64. The Labute approximate surface area is 96.5 Å². The normalized spacial score (nSPS) is 17.0. The number of benzene rings is 1. The van der Waals surface area contributed by atoms with Gasteiger partial charge in [-0.2, -0.15) is 0 Å². The van der Waals surface area contributed by atoms with Crippen LogP contribution in [0, 0.1) is 5.41 Å². The van der Waals surface area contributed by atoms with E-state index in [0.29, 0.717) is 13.2 Å². The molecule has 1 aromatic rings. The maximum Gasteiger partial charge on any atom is 0.166 e. The predicted octanol–water partition coefficient (Wildman–Crippen LogP) is 2.50. The van der Waals surface area contributed by atoms with Crippen LogP contribution in [0.4, 0.5) is 0 Å². The zero-order valence-electron chi connectivity index (χ0n) is 10.1. The monoisotopic (exact) mass is 221 g/mol. The quantitative estimate of drug-likeness (QED) is 0.792. The number of rotatable bonds is 1. The molecular formula is C13H19NO2. The molecule has 0 saturated carbocycles. The molecule has 3 heteroatoms. The van der Waals surface area contributed by atoms with Crippen LogP contribution in [-0.4, -0.2) is 13.2 Å². The lowest BCUT2D eigenvalue weighted by Gasteiger charge is -2.30. The van der Waals surface area contributed by atoms with Crippen molar-refractivity contribution in [1.29, 1.82) is 0 Å². The van der Waals surface area contributed by atoms with Crippen LogP contribution in [0.2, 0.25) is 0 Å². The van der Waals surface area contributed by atoms with E-state index in [2.05, 4.69) is 20.8 Å². The van der Waals surface area contributed by atoms with E-state index < -0.39 is 0 Å². The minimum atomic E-state index is -0.0517. The van der Waals surface area contributed by atoms with Gasteiger partial charge >= 0.3 is 0 Å². The van der Waals surface area contributed by atoms with Crippen molar-refractivity contribution < 1.29 is 9.47 Å². The van der Waals surface area contributed by atoms with Crippen molar-refractivity contribution in [2.45, 2.75) is 26.8 Å². The van der Waals surface area contributed by atoms with Gasteiger partial charge in [-0.15, -0.1) is 0 Å². The number of ether oxygens (including phenoxy) is 2. The molecule has 1 atom stereocenters. The molecule has 1 heterocycles. The third-order valence-corrected chi connectivity index (χ3v) is 2.86. The van der Waals surface area contributed by atoms with E-state index in [1.165, 1.54) is 0 Å². The summed E-state index contributed by atoms with van der Waals surface area (Å²) < 4.78 is 11.2. The Hall–Kier alpha value is -1.22. The summed E-state index contributed by atoms with van der Waals surface area (Å²) in [6.45, 7) is 7.59. The van der Waals surface area contributed by atoms with Gasteiger partial charge in [-0.1, -0.05) is 32.9 Å². The topological polar surface area (TPSA) is 44.5 Å². The molecule has 2 rings (SSSR count). The number of hydrogen-bond donors (Lipinski definition) is 1. The third kappa shape index (κ3) is 2.00.